The molecule has 0 aliphatic rings. The molecule has 2 aromatic rings. The highest BCUT2D eigenvalue weighted by atomic mass is 35.5. The predicted octanol–water partition coefficient (Wildman–Crippen LogP) is 4.28. The first-order valence-corrected chi connectivity index (χ1v) is 8.24. The first kappa shape index (κ1) is 18.1. The summed E-state index contributed by atoms with van der Waals surface area (Å²) in [7, 11) is 1.59. The van der Waals surface area contributed by atoms with Crippen LogP contribution in [-0.2, 0) is 0 Å². The van der Waals surface area contributed by atoms with Crippen molar-refractivity contribution in [3.8, 4) is 5.75 Å². The van der Waals surface area contributed by atoms with Gasteiger partial charge in [0.2, 0.25) is 0 Å². The monoisotopic (exact) mass is 347 g/mol. The fraction of sp³-hybridized carbons (Fsp3) is 0.333. The molecule has 5 nitrogen and oxygen atoms in total. The second-order valence-corrected chi connectivity index (χ2v) is 5.74. The van der Waals surface area contributed by atoms with Crippen LogP contribution in [0.4, 0.5) is 11.4 Å². The molecule has 24 heavy (non-hydrogen) atoms. The number of methoxy groups -OCH3 is 1. The molecule has 128 valence electrons. The first-order chi connectivity index (χ1) is 11.5. The molecule has 0 radical (unpaired) electrons. The topological polar surface area (TPSA) is 54.5 Å². The van der Waals surface area contributed by atoms with Crippen LogP contribution in [0.15, 0.2) is 30.5 Å². The van der Waals surface area contributed by atoms with Gasteiger partial charge in [-0.2, -0.15) is 0 Å². The molecular formula is C18H22ClN3O2. The zero-order chi connectivity index (χ0) is 17.7. The molecule has 6 heteroatoms. The van der Waals surface area contributed by atoms with Gasteiger partial charge in [0.15, 0.2) is 0 Å². The van der Waals surface area contributed by atoms with Crippen LogP contribution in [0.25, 0.3) is 0 Å². The van der Waals surface area contributed by atoms with Crippen LogP contribution in [0.2, 0.25) is 5.02 Å². The third-order valence-corrected chi connectivity index (χ3v) is 4.20. The van der Waals surface area contributed by atoms with Gasteiger partial charge in [-0.1, -0.05) is 11.6 Å². The number of hydrogen-bond acceptors (Lipinski definition) is 4. The third-order valence-electron chi connectivity index (χ3n) is 3.79. The van der Waals surface area contributed by atoms with Gasteiger partial charge in [-0.05, 0) is 44.5 Å². The average molecular weight is 348 g/mol. The second kappa shape index (κ2) is 8.02. The van der Waals surface area contributed by atoms with Gasteiger partial charge in [-0.15, -0.1) is 0 Å². The average Bonchev–Trinajstić information content (AvgIpc) is 2.59. The summed E-state index contributed by atoms with van der Waals surface area (Å²) in [5, 5.41) is 3.91. The summed E-state index contributed by atoms with van der Waals surface area (Å²) >= 11 is 6.13. The maximum Gasteiger partial charge on any atom is 0.272 e. The molecule has 0 aliphatic heterocycles. The maximum atomic E-state index is 12.4. The number of rotatable bonds is 6. The summed E-state index contributed by atoms with van der Waals surface area (Å²) in [5.41, 5.74) is 2.90. The minimum Gasteiger partial charge on any atom is -0.495 e. The molecule has 0 unspecified atom stereocenters. The quantitative estimate of drug-likeness (QED) is 0.847. The van der Waals surface area contributed by atoms with Crippen LogP contribution in [-0.4, -0.2) is 36.0 Å². The number of ether oxygens (including phenoxy) is 1. The molecule has 0 saturated carbocycles. The fourth-order valence-corrected chi connectivity index (χ4v) is 2.54. The van der Waals surface area contributed by atoms with E-state index in [1.54, 1.807) is 30.3 Å². The Kier molecular flexibility index (Phi) is 6.04. The molecule has 0 bridgehead atoms. The van der Waals surface area contributed by atoms with E-state index in [-0.39, 0.29) is 5.91 Å². The normalized spacial score (nSPS) is 10.4. The van der Waals surface area contributed by atoms with E-state index in [2.05, 4.69) is 10.3 Å². The van der Waals surface area contributed by atoms with Gasteiger partial charge in [-0.25, -0.2) is 0 Å². The molecule has 1 heterocycles. The highest BCUT2D eigenvalue weighted by Crippen LogP contribution is 2.33. The lowest BCUT2D eigenvalue weighted by molar-refractivity contribution is 0.0767. The minimum atomic E-state index is -0.0806. The molecule has 0 aliphatic carbocycles. The number of benzene rings is 1. The van der Waals surface area contributed by atoms with Gasteiger partial charge in [0.25, 0.3) is 5.91 Å². The summed E-state index contributed by atoms with van der Waals surface area (Å²) < 4.78 is 5.37. The Morgan fingerprint density at radius 3 is 2.62 bits per heavy atom. The van der Waals surface area contributed by atoms with E-state index >= 15 is 0 Å². The standard InChI is InChI=1S/C18H22ClN3O2/c1-5-22(6-2)18(23)16-10-13(7-8-20-16)21-15-9-12(3)14(19)11-17(15)24-4/h7-11H,5-6H2,1-4H3,(H,20,21). The molecule has 0 fully saturated rings. The van der Waals surface area contributed by atoms with Gasteiger partial charge >= 0.3 is 0 Å². The van der Waals surface area contributed by atoms with E-state index in [1.807, 2.05) is 32.9 Å². The van der Waals surface area contributed by atoms with Crippen LogP contribution < -0.4 is 10.1 Å². The first-order valence-electron chi connectivity index (χ1n) is 7.86. The highest BCUT2D eigenvalue weighted by Gasteiger charge is 2.15. The molecule has 1 N–H and O–H groups in total. The van der Waals surface area contributed by atoms with Gasteiger partial charge < -0.3 is 15.0 Å². The van der Waals surface area contributed by atoms with Crippen molar-refractivity contribution in [1.29, 1.82) is 0 Å². The minimum absolute atomic E-state index is 0.0806. The van der Waals surface area contributed by atoms with Gasteiger partial charge in [0.1, 0.15) is 11.4 Å². The van der Waals surface area contributed by atoms with Crippen molar-refractivity contribution in [2.75, 3.05) is 25.5 Å². The van der Waals surface area contributed by atoms with Crippen LogP contribution in [0.3, 0.4) is 0 Å². The number of carbonyl (C=O) groups excluding carboxylic acids is 1. The number of carbonyl (C=O) groups is 1. The Hall–Kier alpha value is -2.27. The van der Waals surface area contributed by atoms with Gasteiger partial charge in [-0.3, -0.25) is 9.78 Å². The molecule has 0 spiro atoms. The van der Waals surface area contributed by atoms with E-state index in [0.717, 1.165) is 16.9 Å². The number of aryl methyl sites for hydroxylation is 1. The summed E-state index contributed by atoms with van der Waals surface area (Å²) in [6, 6.07) is 7.22. The van der Waals surface area contributed by atoms with Crippen molar-refractivity contribution in [3.05, 3.63) is 46.7 Å². The number of pyridine rings is 1. The highest BCUT2D eigenvalue weighted by molar-refractivity contribution is 6.31. The fourth-order valence-electron chi connectivity index (χ4n) is 2.38. The van der Waals surface area contributed by atoms with Crippen LogP contribution in [0.5, 0.6) is 5.75 Å². The molecule has 1 amide bonds. The molecule has 0 saturated heterocycles. The molecule has 0 atom stereocenters. The zero-order valence-electron chi connectivity index (χ0n) is 14.4. The number of amides is 1. The SMILES string of the molecule is CCN(CC)C(=O)c1cc(Nc2cc(C)c(Cl)cc2OC)ccn1. The van der Waals surface area contributed by atoms with Crippen molar-refractivity contribution in [2.45, 2.75) is 20.8 Å². The van der Waals surface area contributed by atoms with E-state index < -0.39 is 0 Å². The molecule has 1 aromatic carbocycles. The van der Waals surface area contributed by atoms with Gasteiger partial charge in [0, 0.05) is 36.1 Å². The van der Waals surface area contributed by atoms with Crippen molar-refractivity contribution < 1.29 is 9.53 Å². The molecule has 2 rings (SSSR count). The number of nitrogens with zero attached hydrogens (tertiary/aromatic N) is 2. The number of anilines is 2. The second-order valence-electron chi connectivity index (χ2n) is 5.33. The Morgan fingerprint density at radius 1 is 1.29 bits per heavy atom. The number of nitrogens with one attached hydrogen (secondary N) is 1. The summed E-state index contributed by atoms with van der Waals surface area (Å²) in [5.74, 6) is 0.557. The lowest BCUT2D eigenvalue weighted by Gasteiger charge is -2.18. The van der Waals surface area contributed by atoms with E-state index in [4.69, 9.17) is 16.3 Å². The Morgan fingerprint density at radius 2 is 2.00 bits per heavy atom. The van der Waals surface area contributed by atoms with Crippen LogP contribution >= 0.6 is 11.6 Å². The Labute approximate surface area is 147 Å². The van der Waals surface area contributed by atoms with E-state index in [0.29, 0.717) is 29.6 Å². The zero-order valence-corrected chi connectivity index (χ0v) is 15.1. The maximum absolute atomic E-state index is 12.4. The lowest BCUT2D eigenvalue weighted by atomic mass is 10.2. The Balaban J connectivity index is 2.30. The van der Waals surface area contributed by atoms with Crippen molar-refractivity contribution >= 4 is 28.9 Å². The largest absolute Gasteiger partial charge is 0.495 e. The van der Waals surface area contributed by atoms with Crippen LogP contribution in [0.1, 0.15) is 29.9 Å². The smallest absolute Gasteiger partial charge is 0.272 e. The molecule has 1 aromatic heterocycles. The lowest BCUT2D eigenvalue weighted by Crippen LogP contribution is -2.31. The van der Waals surface area contributed by atoms with Crippen molar-refractivity contribution in [1.82, 2.24) is 9.88 Å². The van der Waals surface area contributed by atoms with Crippen LogP contribution in [0, 0.1) is 6.92 Å². The summed E-state index contributed by atoms with van der Waals surface area (Å²) in [6.45, 7) is 7.13. The summed E-state index contributed by atoms with van der Waals surface area (Å²) in [4.78, 5) is 18.4. The number of halogens is 1. The third kappa shape index (κ3) is 3.97. The van der Waals surface area contributed by atoms with Crippen molar-refractivity contribution in [3.63, 3.8) is 0 Å². The number of hydrogen-bond donors (Lipinski definition) is 1. The molecular weight excluding hydrogens is 326 g/mol. The van der Waals surface area contributed by atoms with Crippen molar-refractivity contribution in [2.24, 2.45) is 0 Å². The summed E-state index contributed by atoms with van der Waals surface area (Å²) in [6.07, 6.45) is 1.62. The number of aromatic nitrogens is 1. The van der Waals surface area contributed by atoms with E-state index in [1.165, 1.54) is 0 Å². The Bertz CT molecular complexity index is 730. The predicted molar refractivity (Wildman–Crippen MR) is 97.5 cm³/mol. The van der Waals surface area contributed by atoms with Gasteiger partial charge in [0.05, 0.1) is 12.8 Å². The van der Waals surface area contributed by atoms with E-state index in [9.17, 15) is 4.79 Å².